The fraction of sp³-hybridized carbons (Fsp3) is 0.222. The van der Waals surface area contributed by atoms with Crippen LogP contribution >= 0.6 is 11.6 Å². The molecule has 0 fully saturated rings. The highest BCUT2D eigenvalue weighted by molar-refractivity contribution is 7.89. The average molecular weight is 393 g/mol. The SMILES string of the molecule is C[C@@H](C#N)OC(=O)C[C@H](NS(=O)(=O)c1ccccc1)c1ccc(Cl)cc1. The zero-order valence-electron chi connectivity index (χ0n) is 13.9. The predicted molar refractivity (Wildman–Crippen MR) is 96.7 cm³/mol. The Morgan fingerprint density at radius 1 is 1.19 bits per heavy atom. The second kappa shape index (κ2) is 8.81. The van der Waals surface area contributed by atoms with Crippen molar-refractivity contribution in [1.82, 2.24) is 4.72 Å². The maximum Gasteiger partial charge on any atom is 0.309 e. The average Bonchev–Trinajstić information content (AvgIpc) is 2.62. The van der Waals surface area contributed by atoms with E-state index in [9.17, 15) is 13.2 Å². The molecule has 0 radical (unpaired) electrons. The fourth-order valence-corrected chi connectivity index (χ4v) is 3.59. The summed E-state index contributed by atoms with van der Waals surface area (Å²) in [5, 5.41) is 9.23. The zero-order chi connectivity index (χ0) is 19.2. The minimum absolute atomic E-state index is 0.0812. The second-order valence-corrected chi connectivity index (χ2v) is 7.65. The maximum absolute atomic E-state index is 12.6. The highest BCUT2D eigenvalue weighted by atomic mass is 35.5. The summed E-state index contributed by atoms with van der Waals surface area (Å²) >= 11 is 5.87. The molecule has 26 heavy (non-hydrogen) atoms. The van der Waals surface area contributed by atoms with Gasteiger partial charge in [-0.05, 0) is 36.8 Å². The fourth-order valence-electron chi connectivity index (χ4n) is 2.22. The van der Waals surface area contributed by atoms with Crippen LogP contribution in [0.5, 0.6) is 0 Å². The second-order valence-electron chi connectivity index (χ2n) is 5.50. The Labute approximate surface area is 157 Å². The molecule has 0 amide bonds. The van der Waals surface area contributed by atoms with E-state index in [1.54, 1.807) is 48.5 Å². The minimum atomic E-state index is -3.85. The standard InChI is InChI=1S/C18H17ClN2O4S/c1-13(12-20)25-18(22)11-17(14-7-9-15(19)10-8-14)21-26(23,24)16-5-3-2-4-6-16/h2-10,13,17,21H,11H2,1H3/t13-,17-/m0/s1. The highest BCUT2D eigenvalue weighted by Gasteiger charge is 2.25. The van der Waals surface area contributed by atoms with E-state index in [1.807, 2.05) is 0 Å². The van der Waals surface area contributed by atoms with Gasteiger partial charge in [0.15, 0.2) is 6.10 Å². The van der Waals surface area contributed by atoms with Crippen LogP contribution in [0.3, 0.4) is 0 Å². The quantitative estimate of drug-likeness (QED) is 0.730. The van der Waals surface area contributed by atoms with Gasteiger partial charge in [0.25, 0.3) is 0 Å². The first kappa shape index (κ1) is 19.9. The van der Waals surface area contributed by atoms with E-state index in [4.69, 9.17) is 21.6 Å². The largest absolute Gasteiger partial charge is 0.447 e. The molecule has 8 heteroatoms. The van der Waals surface area contributed by atoms with Crippen LogP contribution in [0.25, 0.3) is 0 Å². The number of nitrogens with zero attached hydrogens (tertiary/aromatic N) is 1. The van der Waals surface area contributed by atoms with Gasteiger partial charge in [0.2, 0.25) is 10.0 Å². The number of carbonyl (C=O) groups is 1. The Bertz CT molecular complexity index is 893. The van der Waals surface area contributed by atoms with E-state index in [2.05, 4.69) is 4.72 Å². The molecule has 2 rings (SSSR count). The molecule has 0 heterocycles. The number of halogens is 1. The Hall–Kier alpha value is -2.40. The molecule has 0 aromatic heterocycles. The number of benzene rings is 2. The minimum Gasteiger partial charge on any atom is -0.447 e. The van der Waals surface area contributed by atoms with Crippen molar-refractivity contribution in [2.24, 2.45) is 0 Å². The van der Waals surface area contributed by atoms with Crippen molar-refractivity contribution in [3.63, 3.8) is 0 Å². The number of rotatable bonds is 7. The summed E-state index contributed by atoms with van der Waals surface area (Å²) in [6.07, 6.45) is -1.18. The lowest BCUT2D eigenvalue weighted by Crippen LogP contribution is -2.31. The zero-order valence-corrected chi connectivity index (χ0v) is 15.5. The Kier molecular flexibility index (Phi) is 6.75. The Morgan fingerprint density at radius 2 is 1.81 bits per heavy atom. The van der Waals surface area contributed by atoms with E-state index in [0.29, 0.717) is 10.6 Å². The Morgan fingerprint density at radius 3 is 2.38 bits per heavy atom. The summed E-state index contributed by atoms with van der Waals surface area (Å²) in [7, 11) is -3.85. The normalized spacial score (nSPS) is 13.4. The summed E-state index contributed by atoms with van der Waals surface area (Å²) in [6, 6.07) is 15.2. The van der Waals surface area contributed by atoms with E-state index in [0.717, 1.165) is 0 Å². The molecule has 0 saturated heterocycles. The molecule has 1 N–H and O–H groups in total. The molecule has 2 aromatic rings. The van der Waals surface area contributed by atoms with Gasteiger partial charge in [-0.3, -0.25) is 4.79 Å². The first-order valence-electron chi connectivity index (χ1n) is 7.74. The topological polar surface area (TPSA) is 96.3 Å². The van der Waals surface area contributed by atoms with Crippen LogP contribution in [0.4, 0.5) is 0 Å². The van der Waals surface area contributed by atoms with Gasteiger partial charge in [-0.2, -0.15) is 5.26 Å². The summed E-state index contributed by atoms with van der Waals surface area (Å²) in [6.45, 7) is 1.43. The van der Waals surface area contributed by atoms with E-state index in [1.165, 1.54) is 19.1 Å². The number of hydrogen-bond donors (Lipinski definition) is 1. The van der Waals surface area contributed by atoms with Crippen molar-refractivity contribution in [3.05, 3.63) is 65.2 Å². The molecule has 2 aromatic carbocycles. The maximum atomic E-state index is 12.6. The lowest BCUT2D eigenvalue weighted by atomic mass is 10.1. The van der Waals surface area contributed by atoms with Gasteiger partial charge < -0.3 is 4.74 Å². The van der Waals surface area contributed by atoms with Gasteiger partial charge in [0, 0.05) is 5.02 Å². The van der Waals surface area contributed by atoms with Gasteiger partial charge >= 0.3 is 5.97 Å². The van der Waals surface area contributed by atoms with E-state index >= 15 is 0 Å². The van der Waals surface area contributed by atoms with Crippen LogP contribution in [0.1, 0.15) is 24.9 Å². The Balaban J connectivity index is 2.27. The highest BCUT2D eigenvalue weighted by Crippen LogP contribution is 2.23. The van der Waals surface area contributed by atoms with Crippen LogP contribution in [-0.4, -0.2) is 20.5 Å². The van der Waals surface area contributed by atoms with Crippen molar-refractivity contribution in [2.75, 3.05) is 0 Å². The third-order valence-corrected chi connectivity index (χ3v) is 5.22. The number of sulfonamides is 1. The van der Waals surface area contributed by atoms with Gasteiger partial charge in [0.1, 0.15) is 6.07 Å². The predicted octanol–water partition coefficient (Wildman–Crippen LogP) is 3.20. The summed E-state index contributed by atoms with van der Waals surface area (Å²) < 4.78 is 32.6. The number of nitrogens with one attached hydrogen (secondary N) is 1. The van der Waals surface area contributed by atoms with Gasteiger partial charge in [0.05, 0.1) is 17.4 Å². The number of ether oxygens (including phenoxy) is 1. The smallest absolute Gasteiger partial charge is 0.309 e. The van der Waals surface area contributed by atoms with Crippen LogP contribution in [0.2, 0.25) is 5.02 Å². The monoisotopic (exact) mass is 392 g/mol. The first-order valence-corrected chi connectivity index (χ1v) is 9.60. The molecule has 2 atom stereocenters. The molecule has 0 aliphatic carbocycles. The molecule has 6 nitrogen and oxygen atoms in total. The molecule has 136 valence electrons. The van der Waals surface area contributed by atoms with Crippen LogP contribution in [-0.2, 0) is 19.6 Å². The lowest BCUT2D eigenvalue weighted by Gasteiger charge is -2.19. The van der Waals surface area contributed by atoms with Crippen molar-refractivity contribution in [1.29, 1.82) is 5.26 Å². The molecular weight excluding hydrogens is 376 g/mol. The summed E-state index contributed by atoms with van der Waals surface area (Å²) in [5.74, 6) is -0.685. The van der Waals surface area contributed by atoms with Crippen LogP contribution < -0.4 is 4.72 Å². The first-order chi connectivity index (χ1) is 12.3. The number of esters is 1. The van der Waals surface area contributed by atoms with Gasteiger partial charge in [-0.25, -0.2) is 13.1 Å². The third-order valence-electron chi connectivity index (χ3n) is 3.48. The number of carbonyl (C=O) groups excluding carboxylic acids is 1. The van der Waals surface area contributed by atoms with Gasteiger partial charge in [-0.1, -0.05) is 41.9 Å². The van der Waals surface area contributed by atoms with Crippen LogP contribution in [0, 0.1) is 11.3 Å². The summed E-state index contributed by atoms with van der Waals surface area (Å²) in [4.78, 5) is 12.1. The van der Waals surface area contributed by atoms with E-state index < -0.39 is 28.1 Å². The molecule has 0 saturated carbocycles. The lowest BCUT2D eigenvalue weighted by molar-refractivity contribution is -0.146. The van der Waals surface area contributed by atoms with Crippen molar-refractivity contribution >= 4 is 27.6 Å². The molecule has 0 aliphatic rings. The number of hydrogen-bond acceptors (Lipinski definition) is 5. The van der Waals surface area contributed by atoms with Gasteiger partial charge in [-0.15, -0.1) is 0 Å². The summed E-state index contributed by atoms with van der Waals surface area (Å²) in [5.41, 5.74) is 0.551. The molecular formula is C18H17ClN2O4S. The van der Waals surface area contributed by atoms with Crippen molar-refractivity contribution in [3.8, 4) is 6.07 Å². The molecule has 0 unspecified atom stereocenters. The third kappa shape index (κ3) is 5.56. The van der Waals surface area contributed by atoms with Crippen LogP contribution in [0.15, 0.2) is 59.5 Å². The molecule has 0 bridgehead atoms. The van der Waals surface area contributed by atoms with E-state index in [-0.39, 0.29) is 11.3 Å². The van der Waals surface area contributed by atoms with Crippen molar-refractivity contribution < 1.29 is 17.9 Å². The molecule has 0 spiro atoms. The van der Waals surface area contributed by atoms with Crippen molar-refractivity contribution in [2.45, 2.75) is 30.4 Å². The molecule has 0 aliphatic heterocycles. The number of nitriles is 1.